The van der Waals surface area contributed by atoms with Crippen LogP contribution in [-0.4, -0.2) is 47.7 Å². The zero-order valence-electron chi connectivity index (χ0n) is 15.6. The lowest BCUT2D eigenvalue weighted by molar-refractivity contribution is -0.757. The van der Waals surface area contributed by atoms with E-state index in [-0.39, 0.29) is 37.9 Å². The first kappa shape index (κ1) is 23.5. The predicted octanol–water partition coefficient (Wildman–Crippen LogP) is 2.30. The smallest absolute Gasteiger partial charge is 0.330 e. The highest BCUT2D eigenvalue weighted by molar-refractivity contribution is 5.87. The molecule has 1 rings (SSSR count). The molecule has 1 aromatic rings. The molecule has 0 aromatic heterocycles. The average Bonchev–Trinajstić information content (AvgIpc) is 2.66. The first-order chi connectivity index (χ1) is 13.9. The summed E-state index contributed by atoms with van der Waals surface area (Å²) in [6, 6.07) is 4.57. The number of unbranched alkanes of at least 4 members (excludes halogenated alkanes) is 2. The topological polar surface area (TPSA) is 161 Å². The summed E-state index contributed by atoms with van der Waals surface area (Å²) in [5.74, 6) is -0.457. The number of carbonyl (C=O) groups is 1. The minimum atomic E-state index is -0.880. The standard InChI is InChI=1S/C17H22N2O10/c20-15-13-14(5-7-16(15)26-9-1-3-11-28-18(22)23)6-8-17(21)27-10-2-4-12-29-19(24)25/h5-8,13,20H,1-4,9-12H2/b8-6+. The fourth-order valence-corrected chi connectivity index (χ4v) is 2.01. The number of phenolic OH excluding ortho intramolecular Hbond substituents is 1. The Bertz CT molecular complexity index is 707. The fourth-order valence-electron chi connectivity index (χ4n) is 2.01. The molecule has 12 heteroatoms. The van der Waals surface area contributed by atoms with Crippen LogP contribution in [0, 0.1) is 20.2 Å². The molecule has 0 saturated carbocycles. The molecule has 160 valence electrons. The molecule has 1 N–H and O–H groups in total. The third-order valence-corrected chi connectivity index (χ3v) is 3.37. The maximum atomic E-state index is 11.6. The second-order valence-corrected chi connectivity index (χ2v) is 5.60. The number of nitrogens with zero attached hydrogens (tertiary/aromatic N) is 2. The Morgan fingerprint density at radius 3 is 2.14 bits per heavy atom. The number of ether oxygens (including phenoxy) is 2. The van der Waals surface area contributed by atoms with Crippen LogP contribution >= 0.6 is 0 Å². The Morgan fingerprint density at radius 1 is 0.966 bits per heavy atom. The molecule has 12 nitrogen and oxygen atoms in total. The molecule has 0 unspecified atom stereocenters. The Balaban J connectivity index is 2.28. The van der Waals surface area contributed by atoms with Gasteiger partial charge in [-0.1, -0.05) is 6.07 Å². The summed E-state index contributed by atoms with van der Waals surface area (Å²) < 4.78 is 10.3. The molecule has 0 amide bonds. The highest BCUT2D eigenvalue weighted by Crippen LogP contribution is 2.27. The number of esters is 1. The average molecular weight is 414 g/mol. The van der Waals surface area contributed by atoms with E-state index in [4.69, 9.17) is 9.47 Å². The highest BCUT2D eigenvalue weighted by atomic mass is 17.0. The summed E-state index contributed by atoms with van der Waals surface area (Å²) in [5.41, 5.74) is 0.547. The van der Waals surface area contributed by atoms with Gasteiger partial charge in [-0.2, -0.15) is 0 Å². The molecule has 0 radical (unpaired) electrons. The van der Waals surface area contributed by atoms with Gasteiger partial charge in [0, 0.05) is 6.08 Å². The number of rotatable bonds is 15. The number of benzene rings is 1. The van der Waals surface area contributed by atoms with Crippen molar-refractivity contribution >= 4 is 12.0 Å². The summed E-state index contributed by atoms with van der Waals surface area (Å²) in [4.78, 5) is 39.8. The summed E-state index contributed by atoms with van der Waals surface area (Å²) in [6.07, 6.45) is 4.41. The summed E-state index contributed by atoms with van der Waals surface area (Å²) in [5, 5.41) is 28.2. The molecule has 1 aromatic carbocycles. The van der Waals surface area contributed by atoms with Gasteiger partial charge < -0.3 is 24.3 Å². The van der Waals surface area contributed by atoms with Crippen molar-refractivity contribution in [2.75, 3.05) is 26.4 Å². The summed E-state index contributed by atoms with van der Waals surface area (Å²) >= 11 is 0. The van der Waals surface area contributed by atoms with Crippen LogP contribution < -0.4 is 4.74 Å². The number of hydrogen-bond acceptors (Lipinski definition) is 10. The van der Waals surface area contributed by atoms with Gasteiger partial charge in [0.25, 0.3) is 10.2 Å². The molecular formula is C17H22N2O10. The number of hydrogen-bond donors (Lipinski definition) is 1. The van der Waals surface area contributed by atoms with Crippen molar-refractivity contribution in [1.82, 2.24) is 0 Å². The Morgan fingerprint density at radius 2 is 1.55 bits per heavy atom. The third kappa shape index (κ3) is 11.7. The number of phenols is 1. The lowest BCUT2D eigenvalue weighted by atomic mass is 10.2. The molecule has 29 heavy (non-hydrogen) atoms. The largest absolute Gasteiger partial charge is 0.504 e. The Hall–Kier alpha value is -3.57. The minimum Gasteiger partial charge on any atom is -0.504 e. The minimum absolute atomic E-state index is 0.0190. The molecule has 0 bridgehead atoms. The van der Waals surface area contributed by atoms with Gasteiger partial charge in [-0.3, -0.25) is 0 Å². The second kappa shape index (κ2) is 13.6. The quantitative estimate of drug-likeness (QED) is 0.148. The molecule has 0 fully saturated rings. The number of aromatic hydroxyl groups is 1. The van der Waals surface area contributed by atoms with Crippen LogP contribution in [0.5, 0.6) is 11.5 Å². The van der Waals surface area contributed by atoms with Gasteiger partial charge in [-0.05, 0) is 49.5 Å². The SMILES string of the molecule is O=C(/C=C/c1ccc(OCCCCO[N+](=O)[O-])c(O)c1)OCCCCO[N+](=O)[O-]. The van der Waals surface area contributed by atoms with Gasteiger partial charge in [0.1, 0.15) is 0 Å². The molecule has 0 aliphatic heterocycles. The summed E-state index contributed by atoms with van der Waals surface area (Å²) in [6.45, 7) is 0.285. The molecular weight excluding hydrogens is 392 g/mol. The Labute approximate surface area is 165 Å². The van der Waals surface area contributed by atoms with E-state index in [0.29, 0.717) is 31.2 Å². The molecule has 0 spiro atoms. The van der Waals surface area contributed by atoms with Crippen LogP contribution in [0.25, 0.3) is 6.08 Å². The molecule has 0 aliphatic rings. The molecule has 0 saturated heterocycles. The zero-order chi connectivity index (χ0) is 21.5. The second-order valence-electron chi connectivity index (χ2n) is 5.60. The van der Waals surface area contributed by atoms with Crippen molar-refractivity contribution in [2.45, 2.75) is 25.7 Å². The van der Waals surface area contributed by atoms with Crippen molar-refractivity contribution in [1.29, 1.82) is 0 Å². The third-order valence-electron chi connectivity index (χ3n) is 3.37. The zero-order valence-corrected chi connectivity index (χ0v) is 15.6. The van der Waals surface area contributed by atoms with E-state index in [2.05, 4.69) is 9.68 Å². The lowest BCUT2D eigenvalue weighted by Gasteiger charge is -2.08. The van der Waals surface area contributed by atoms with E-state index in [1.165, 1.54) is 24.3 Å². The highest BCUT2D eigenvalue weighted by Gasteiger charge is 2.04. The maximum absolute atomic E-state index is 11.6. The normalized spacial score (nSPS) is 10.5. The van der Waals surface area contributed by atoms with Crippen molar-refractivity contribution in [3.8, 4) is 11.5 Å². The van der Waals surface area contributed by atoms with Gasteiger partial charge in [0.2, 0.25) is 0 Å². The van der Waals surface area contributed by atoms with Crippen LogP contribution in [0.4, 0.5) is 0 Å². The summed E-state index contributed by atoms with van der Waals surface area (Å²) in [7, 11) is 0. The van der Waals surface area contributed by atoms with E-state index in [1.807, 2.05) is 0 Å². The Kier molecular flexibility index (Phi) is 11.0. The van der Waals surface area contributed by atoms with Crippen LogP contribution in [0.15, 0.2) is 24.3 Å². The van der Waals surface area contributed by atoms with Crippen LogP contribution in [0.1, 0.15) is 31.2 Å². The van der Waals surface area contributed by atoms with Crippen LogP contribution in [-0.2, 0) is 19.2 Å². The fraction of sp³-hybridized carbons (Fsp3) is 0.471. The first-order valence-electron chi connectivity index (χ1n) is 8.73. The molecule has 0 atom stereocenters. The van der Waals surface area contributed by atoms with Crippen molar-refractivity contribution in [3.63, 3.8) is 0 Å². The molecule has 0 heterocycles. The lowest BCUT2D eigenvalue weighted by Crippen LogP contribution is -2.06. The van der Waals surface area contributed by atoms with Crippen LogP contribution in [0.2, 0.25) is 0 Å². The maximum Gasteiger partial charge on any atom is 0.330 e. The van der Waals surface area contributed by atoms with Crippen LogP contribution in [0.3, 0.4) is 0 Å². The first-order valence-corrected chi connectivity index (χ1v) is 8.73. The van der Waals surface area contributed by atoms with E-state index >= 15 is 0 Å². The van der Waals surface area contributed by atoms with Crippen molar-refractivity contribution < 1.29 is 39.2 Å². The van der Waals surface area contributed by atoms with Crippen molar-refractivity contribution in [3.05, 3.63) is 50.1 Å². The number of carbonyl (C=O) groups excluding carboxylic acids is 1. The van der Waals surface area contributed by atoms with E-state index in [0.717, 1.165) is 0 Å². The van der Waals surface area contributed by atoms with E-state index in [1.54, 1.807) is 6.07 Å². The molecule has 0 aliphatic carbocycles. The van der Waals surface area contributed by atoms with Gasteiger partial charge in [0.05, 0.1) is 26.4 Å². The van der Waals surface area contributed by atoms with Crippen molar-refractivity contribution in [2.24, 2.45) is 0 Å². The van der Waals surface area contributed by atoms with Gasteiger partial charge >= 0.3 is 5.97 Å². The monoisotopic (exact) mass is 414 g/mol. The van der Waals surface area contributed by atoms with Gasteiger partial charge in [0.15, 0.2) is 11.5 Å². The van der Waals surface area contributed by atoms with Gasteiger partial charge in [-0.15, -0.1) is 20.2 Å². The van der Waals surface area contributed by atoms with E-state index < -0.39 is 16.1 Å². The van der Waals surface area contributed by atoms with E-state index in [9.17, 15) is 30.1 Å². The predicted molar refractivity (Wildman–Crippen MR) is 98.0 cm³/mol. The van der Waals surface area contributed by atoms with Gasteiger partial charge in [-0.25, -0.2) is 4.79 Å².